The Kier molecular flexibility index (Phi) is 4.83. The second kappa shape index (κ2) is 7.03. The molecule has 1 aromatic heterocycles. The van der Waals surface area contributed by atoms with Crippen LogP contribution >= 0.6 is 0 Å². The molecule has 2 aromatic rings. The molecule has 1 aromatic carbocycles. The third-order valence-corrected chi connectivity index (χ3v) is 4.25. The van der Waals surface area contributed by atoms with Crippen LogP contribution in [0.1, 0.15) is 37.0 Å². The van der Waals surface area contributed by atoms with Crippen LogP contribution in [0, 0.1) is 5.92 Å². The molecule has 0 fully saturated rings. The molecule has 0 bridgehead atoms. The lowest BCUT2D eigenvalue weighted by molar-refractivity contribution is -0.135. The maximum absolute atomic E-state index is 12.6. The van der Waals surface area contributed by atoms with Gasteiger partial charge in [-0.25, -0.2) is 0 Å². The van der Waals surface area contributed by atoms with E-state index in [1.54, 1.807) is 4.90 Å². The summed E-state index contributed by atoms with van der Waals surface area (Å²) in [6.45, 7) is 5.01. The first-order valence-corrected chi connectivity index (χ1v) is 8.32. The van der Waals surface area contributed by atoms with Gasteiger partial charge in [-0.3, -0.25) is 4.79 Å². The number of likely N-dealkylation sites (N-methyl/N-ethyl adjacent to an activating group) is 1. The van der Waals surface area contributed by atoms with Gasteiger partial charge in [0.05, 0.1) is 5.92 Å². The Morgan fingerprint density at radius 1 is 1.38 bits per heavy atom. The summed E-state index contributed by atoms with van der Waals surface area (Å²) in [6.07, 6.45) is 1.31. The third kappa shape index (κ3) is 3.58. The number of para-hydroxylation sites is 1. The second-order valence-electron chi connectivity index (χ2n) is 6.53. The maximum atomic E-state index is 12.6. The van der Waals surface area contributed by atoms with Crippen molar-refractivity contribution in [3.63, 3.8) is 0 Å². The Balaban J connectivity index is 1.55. The van der Waals surface area contributed by atoms with E-state index in [-0.39, 0.29) is 17.7 Å². The average Bonchev–Trinajstić information content (AvgIpc) is 3.08. The van der Waals surface area contributed by atoms with Crippen molar-refractivity contribution in [1.82, 2.24) is 15.0 Å². The van der Waals surface area contributed by atoms with Gasteiger partial charge in [0.15, 0.2) is 5.82 Å². The molecule has 0 spiro atoms. The Labute approximate surface area is 141 Å². The normalized spacial score (nSPS) is 16.6. The highest BCUT2D eigenvalue weighted by Crippen LogP contribution is 2.27. The summed E-state index contributed by atoms with van der Waals surface area (Å²) in [5, 5.41) is 3.96. The Bertz CT molecular complexity index is 711. The summed E-state index contributed by atoms with van der Waals surface area (Å²) in [5.41, 5.74) is 1.09. The fraction of sp³-hybridized carbons (Fsp3) is 0.500. The molecule has 0 aliphatic carbocycles. The number of hydrogen-bond donors (Lipinski definition) is 0. The summed E-state index contributed by atoms with van der Waals surface area (Å²) in [7, 11) is 1.81. The van der Waals surface area contributed by atoms with E-state index in [2.05, 4.69) is 10.1 Å². The van der Waals surface area contributed by atoms with Gasteiger partial charge in [-0.05, 0) is 18.1 Å². The van der Waals surface area contributed by atoms with Crippen molar-refractivity contribution in [2.45, 2.75) is 32.6 Å². The zero-order valence-electron chi connectivity index (χ0n) is 14.4. The predicted octanol–water partition coefficient (Wildman–Crippen LogP) is 2.45. The minimum atomic E-state index is -0.138. The molecular formula is C18H23N3O3. The first-order valence-electron chi connectivity index (χ1n) is 8.32. The van der Waals surface area contributed by atoms with Crippen LogP contribution in [0.2, 0.25) is 0 Å². The molecule has 1 atom stereocenters. The maximum Gasteiger partial charge on any atom is 0.229 e. The van der Waals surface area contributed by atoms with E-state index in [1.807, 2.05) is 45.2 Å². The van der Waals surface area contributed by atoms with E-state index < -0.39 is 0 Å². The third-order valence-electron chi connectivity index (χ3n) is 4.25. The molecule has 6 nitrogen and oxygen atoms in total. The van der Waals surface area contributed by atoms with Gasteiger partial charge in [0.2, 0.25) is 11.8 Å². The number of nitrogens with zero attached hydrogens (tertiary/aromatic N) is 3. The van der Waals surface area contributed by atoms with E-state index in [1.165, 1.54) is 0 Å². The molecule has 1 unspecified atom stereocenters. The first-order chi connectivity index (χ1) is 11.5. The minimum Gasteiger partial charge on any atom is -0.492 e. The SMILES string of the molecule is CC(C)c1nc(CCN(C)C(=O)C2COc3ccccc3C2)no1. The molecular weight excluding hydrogens is 306 g/mol. The average molecular weight is 329 g/mol. The Hall–Kier alpha value is -2.37. The van der Waals surface area contributed by atoms with E-state index in [0.717, 1.165) is 17.7 Å². The van der Waals surface area contributed by atoms with Crippen LogP contribution in [0.25, 0.3) is 0 Å². The van der Waals surface area contributed by atoms with Crippen LogP contribution in [-0.2, 0) is 17.6 Å². The van der Waals surface area contributed by atoms with Crippen molar-refractivity contribution in [3.8, 4) is 5.75 Å². The fourth-order valence-corrected chi connectivity index (χ4v) is 2.78. The molecule has 0 saturated heterocycles. The topological polar surface area (TPSA) is 68.5 Å². The fourth-order valence-electron chi connectivity index (χ4n) is 2.78. The lowest BCUT2D eigenvalue weighted by Gasteiger charge is -2.28. The summed E-state index contributed by atoms with van der Waals surface area (Å²) < 4.78 is 10.9. The quantitative estimate of drug-likeness (QED) is 0.843. The van der Waals surface area contributed by atoms with Gasteiger partial charge in [-0.15, -0.1) is 0 Å². The number of carbonyl (C=O) groups excluding carboxylic acids is 1. The van der Waals surface area contributed by atoms with Crippen LogP contribution in [0.3, 0.4) is 0 Å². The number of amides is 1. The Morgan fingerprint density at radius 2 is 2.17 bits per heavy atom. The van der Waals surface area contributed by atoms with Crippen LogP contribution in [0.5, 0.6) is 5.75 Å². The molecule has 0 radical (unpaired) electrons. The standard InChI is InChI=1S/C18H23N3O3/c1-12(2)17-19-16(20-24-17)8-9-21(3)18(22)14-10-13-6-4-5-7-15(13)23-11-14/h4-7,12,14H,8-11H2,1-3H3. The molecule has 1 amide bonds. The number of hydrogen-bond acceptors (Lipinski definition) is 5. The number of ether oxygens (including phenoxy) is 1. The molecule has 24 heavy (non-hydrogen) atoms. The van der Waals surface area contributed by atoms with Crippen molar-refractivity contribution < 1.29 is 14.1 Å². The first kappa shape index (κ1) is 16.5. The van der Waals surface area contributed by atoms with Gasteiger partial charge >= 0.3 is 0 Å². The summed E-state index contributed by atoms with van der Waals surface area (Å²) >= 11 is 0. The van der Waals surface area contributed by atoms with Crippen molar-refractivity contribution >= 4 is 5.91 Å². The largest absolute Gasteiger partial charge is 0.492 e. The van der Waals surface area contributed by atoms with E-state index in [0.29, 0.717) is 31.3 Å². The van der Waals surface area contributed by atoms with Crippen molar-refractivity contribution in [3.05, 3.63) is 41.5 Å². The monoisotopic (exact) mass is 329 g/mol. The number of benzene rings is 1. The van der Waals surface area contributed by atoms with Crippen molar-refractivity contribution in [1.29, 1.82) is 0 Å². The van der Waals surface area contributed by atoms with Crippen LogP contribution in [0.15, 0.2) is 28.8 Å². The van der Waals surface area contributed by atoms with Crippen molar-refractivity contribution in [2.24, 2.45) is 5.92 Å². The van der Waals surface area contributed by atoms with E-state index in [9.17, 15) is 4.79 Å². The molecule has 6 heteroatoms. The minimum absolute atomic E-state index is 0.0945. The Morgan fingerprint density at radius 3 is 2.92 bits per heavy atom. The molecule has 1 aliphatic rings. The van der Waals surface area contributed by atoms with Crippen LogP contribution < -0.4 is 4.74 Å². The highest BCUT2D eigenvalue weighted by molar-refractivity contribution is 5.79. The molecule has 3 rings (SSSR count). The zero-order valence-corrected chi connectivity index (χ0v) is 14.4. The molecule has 2 heterocycles. The smallest absolute Gasteiger partial charge is 0.229 e. The van der Waals surface area contributed by atoms with Gasteiger partial charge in [0, 0.05) is 25.9 Å². The van der Waals surface area contributed by atoms with Crippen molar-refractivity contribution in [2.75, 3.05) is 20.2 Å². The van der Waals surface area contributed by atoms with Gasteiger partial charge in [-0.2, -0.15) is 4.98 Å². The lowest BCUT2D eigenvalue weighted by Crippen LogP contribution is -2.39. The molecule has 0 N–H and O–H groups in total. The van der Waals surface area contributed by atoms with Crippen LogP contribution in [0.4, 0.5) is 0 Å². The molecule has 128 valence electrons. The second-order valence-corrected chi connectivity index (χ2v) is 6.53. The summed E-state index contributed by atoms with van der Waals surface area (Å²) in [6, 6.07) is 7.88. The number of rotatable bonds is 5. The molecule has 1 aliphatic heterocycles. The van der Waals surface area contributed by atoms with Crippen LogP contribution in [-0.4, -0.2) is 41.1 Å². The summed E-state index contributed by atoms with van der Waals surface area (Å²) in [5.74, 6) is 2.33. The number of aromatic nitrogens is 2. The number of fused-ring (bicyclic) bond motifs is 1. The number of carbonyl (C=O) groups is 1. The highest BCUT2D eigenvalue weighted by atomic mass is 16.5. The van der Waals surface area contributed by atoms with Gasteiger partial charge in [0.1, 0.15) is 12.4 Å². The lowest BCUT2D eigenvalue weighted by atomic mass is 9.95. The predicted molar refractivity (Wildman–Crippen MR) is 88.9 cm³/mol. The van der Waals surface area contributed by atoms with Gasteiger partial charge < -0.3 is 14.2 Å². The highest BCUT2D eigenvalue weighted by Gasteiger charge is 2.28. The van der Waals surface area contributed by atoms with Gasteiger partial charge in [0.25, 0.3) is 0 Å². The summed E-state index contributed by atoms with van der Waals surface area (Å²) in [4.78, 5) is 18.7. The zero-order chi connectivity index (χ0) is 17.1. The van der Waals surface area contributed by atoms with Gasteiger partial charge in [-0.1, -0.05) is 37.2 Å². The molecule has 0 saturated carbocycles. The van der Waals surface area contributed by atoms with E-state index in [4.69, 9.17) is 9.26 Å². The van der Waals surface area contributed by atoms with E-state index >= 15 is 0 Å².